The molecule has 4 nitrogen and oxygen atoms in total. The van der Waals surface area contributed by atoms with Gasteiger partial charge in [0.05, 0.1) is 5.69 Å². The molecule has 0 radical (unpaired) electrons. The van der Waals surface area contributed by atoms with Crippen molar-refractivity contribution in [2.45, 2.75) is 11.8 Å². The number of sulfonamides is 1. The number of fused-ring (bicyclic) bond motifs is 1. The zero-order valence-electron chi connectivity index (χ0n) is 8.28. The molecular weight excluding hydrogens is 247 g/mol. The van der Waals surface area contributed by atoms with E-state index in [1.807, 2.05) is 0 Å². The number of hydrogen-bond donors (Lipinski definition) is 1. The fourth-order valence-corrected chi connectivity index (χ4v) is 2.67. The maximum atomic E-state index is 11.5. The second-order valence-corrected chi connectivity index (χ2v) is 4.93. The Morgan fingerprint density at radius 3 is 2.73 bits per heavy atom. The molecule has 1 heterocycles. The number of hydrogen-bond acceptors (Lipinski definition) is 3. The van der Waals surface area contributed by atoms with Crippen molar-refractivity contribution in [1.29, 1.82) is 0 Å². The zero-order chi connectivity index (χ0) is 10.3. The van der Waals surface area contributed by atoms with Crippen LogP contribution in [0.1, 0.15) is 6.92 Å². The summed E-state index contributed by atoms with van der Waals surface area (Å²) in [5, 5.41) is 3.23. The molecule has 1 aromatic carbocycles. The van der Waals surface area contributed by atoms with Crippen LogP contribution in [0.15, 0.2) is 27.5 Å². The maximum Gasteiger partial charge on any atom is 1.00 e. The summed E-state index contributed by atoms with van der Waals surface area (Å²) >= 11 is 5.70. The molecule has 1 aromatic rings. The van der Waals surface area contributed by atoms with E-state index in [2.05, 4.69) is 9.71 Å². The SMILES string of the molecule is CC1=NS(=O)(=O)c2cc(Cl)ccc2N1.[Na+]. The first-order chi connectivity index (χ1) is 6.49. The molecule has 0 bridgehead atoms. The first kappa shape index (κ1) is 13.0. The van der Waals surface area contributed by atoms with Gasteiger partial charge in [-0.1, -0.05) is 11.6 Å². The second-order valence-electron chi connectivity index (χ2n) is 2.92. The van der Waals surface area contributed by atoms with E-state index in [-0.39, 0.29) is 34.5 Å². The van der Waals surface area contributed by atoms with Crippen LogP contribution in [0.5, 0.6) is 0 Å². The summed E-state index contributed by atoms with van der Waals surface area (Å²) in [7, 11) is -3.57. The van der Waals surface area contributed by atoms with Crippen molar-refractivity contribution in [2.75, 3.05) is 5.32 Å². The molecule has 15 heavy (non-hydrogen) atoms. The van der Waals surface area contributed by atoms with E-state index in [1.54, 1.807) is 19.1 Å². The second kappa shape index (κ2) is 4.43. The molecule has 0 atom stereocenters. The van der Waals surface area contributed by atoms with Crippen LogP contribution in [0, 0.1) is 0 Å². The quantitative estimate of drug-likeness (QED) is 0.596. The summed E-state index contributed by atoms with van der Waals surface area (Å²) < 4.78 is 26.6. The third-order valence-corrected chi connectivity index (χ3v) is 3.44. The first-order valence-corrected chi connectivity index (χ1v) is 5.69. The van der Waals surface area contributed by atoms with E-state index in [0.717, 1.165) is 0 Å². The van der Waals surface area contributed by atoms with Crippen molar-refractivity contribution in [2.24, 2.45) is 4.40 Å². The largest absolute Gasteiger partial charge is 1.00 e. The van der Waals surface area contributed by atoms with Crippen LogP contribution in [0.4, 0.5) is 5.69 Å². The summed E-state index contributed by atoms with van der Waals surface area (Å²) in [6.07, 6.45) is 0. The Bertz CT molecular complexity index is 527. The molecule has 0 amide bonds. The third-order valence-electron chi connectivity index (χ3n) is 1.79. The zero-order valence-corrected chi connectivity index (χ0v) is 11.9. The molecule has 0 saturated heterocycles. The normalized spacial score (nSPS) is 16.8. The molecule has 7 heteroatoms. The monoisotopic (exact) mass is 253 g/mol. The average molecular weight is 254 g/mol. The van der Waals surface area contributed by atoms with Gasteiger partial charge in [0.1, 0.15) is 10.7 Å². The molecule has 0 unspecified atom stereocenters. The van der Waals surface area contributed by atoms with Gasteiger partial charge in [-0.25, -0.2) is 0 Å². The summed E-state index contributed by atoms with van der Waals surface area (Å²) in [6, 6.07) is 4.63. The van der Waals surface area contributed by atoms with Crippen molar-refractivity contribution in [3.8, 4) is 0 Å². The van der Waals surface area contributed by atoms with Crippen molar-refractivity contribution < 1.29 is 38.0 Å². The van der Waals surface area contributed by atoms with Crippen LogP contribution < -0.4 is 34.9 Å². The predicted molar refractivity (Wildman–Crippen MR) is 55.4 cm³/mol. The summed E-state index contributed by atoms with van der Waals surface area (Å²) in [4.78, 5) is 0.121. The van der Waals surface area contributed by atoms with Crippen LogP contribution in [0.3, 0.4) is 0 Å². The molecular formula is C8H7ClN2NaO2S+. The number of benzene rings is 1. The summed E-state index contributed by atoms with van der Waals surface area (Å²) in [5.74, 6) is 0.361. The van der Waals surface area contributed by atoms with Crippen LogP contribution in [0.2, 0.25) is 5.02 Å². The summed E-state index contributed by atoms with van der Waals surface area (Å²) in [6.45, 7) is 1.59. The van der Waals surface area contributed by atoms with E-state index in [4.69, 9.17) is 11.6 Å². The Morgan fingerprint density at radius 1 is 1.40 bits per heavy atom. The van der Waals surface area contributed by atoms with Gasteiger partial charge in [-0.2, -0.15) is 8.42 Å². The number of anilines is 1. The number of nitrogens with zero attached hydrogens (tertiary/aromatic N) is 1. The van der Waals surface area contributed by atoms with Crippen molar-refractivity contribution in [1.82, 2.24) is 0 Å². The minimum absolute atomic E-state index is 0. The van der Waals surface area contributed by atoms with Gasteiger partial charge in [0, 0.05) is 5.02 Å². The van der Waals surface area contributed by atoms with Crippen molar-refractivity contribution in [3.05, 3.63) is 23.2 Å². The van der Waals surface area contributed by atoms with E-state index in [9.17, 15) is 8.42 Å². The third kappa shape index (κ3) is 2.54. The van der Waals surface area contributed by atoms with Crippen molar-refractivity contribution >= 4 is 33.1 Å². The number of amidine groups is 1. The van der Waals surface area contributed by atoms with Crippen LogP contribution in [-0.4, -0.2) is 14.3 Å². The van der Waals surface area contributed by atoms with Gasteiger partial charge >= 0.3 is 29.6 Å². The molecule has 1 N–H and O–H groups in total. The van der Waals surface area contributed by atoms with Gasteiger partial charge in [-0.3, -0.25) is 0 Å². The van der Waals surface area contributed by atoms with E-state index in [1.165, 1.54) is 6.07 Å². The molecule has 0 aromatic heterocycles. The number of rotatable bonds is 0. The first-order valence-electron chi connectivity index (χ1n) is 3.87. The Balaban J connectivity index is 0.00000112. The molecule has 74 valence electrons. The molecule has 2 rings (SSSR count). The molecule has 0 fully saturated rings. The maximum absolute atomic E-state index is 11.5. The van der Waals surface area contributed by atoms with Crippen LogP contribution in [-0.2, 0) is 10.0 Å². The fraction of sp³-hybridized carbons (Fsp3) is 0.125. The smallest absolute Gasteiger partial charge is 0.342 e. The van der Waals surface area contributed by atoms with Gasteiger partial charge in [0.15, 0.2) is 0 Å². The van der Waals surface area contributed by atoms with Gasteiger partial charge in [-0.05, 0) is 25.1 Å². The molecule has 0 spiro atoms. The van der Waals surface area contributed by atoms with E-state index < -0.39 is 10.0 Å². The average Bonchev–Trinajstić information content (AvgIpc) is 2.05. The Morgan fingerprint density at radius 2 is 2.07 bits per heavy atom. The minimum Gasteiger partial charge on any atom is -0.342 e. The predicted octanol–water partition coefficient (Wildman–Crippen LogP) is -1.12. The minimum atomic E-state index is -3.57. The molecule has 0 saturated carbocycles. The van der Waals surface area contributed by atoms with E-state index >= 15 is 0 Å². The number of nitrogens with one attached hydrogen (secondary N) is 1. The number of halogens is 1. The van der Waals surface area contributed by atoms with Crippen molar-refractivity contribution in [3.63, 3.8) is 0 Å². The summed E-state index contributed by atoms with van der Waals surface area (Å²) in [5.41, 5.74) is 0.516. The van der Waals surface area contributed by atoms with Gasteiger partial charge in [-0.15, -0.1) is 4.40 Å². The Labute approximate surface area is 115 Å². The Hall–Kier alpha value is -0.0700. The Kier molecular flexibility index (Phi) is 3.84. The standard InChI is InChI=1S/C8H7ClN2O2S.Na/c1-5-10-7-3-2-6(9)4-8(7)14(12,13)11-5;/h2-4H,1H3,(H,10,11);/q;+1. The van der Waals surface area contributed by atoms with E-state index in [0.29, 0.717) is 16.5 Å². The van der Waals surface area contributed by atoms with Crippen LogP contribution in [0.25, 0.3) is 0 Å². The van der Waals surface area contributed by atoms with Gasteiger partial charge in [0.2, 0.25) is 0 Å². The van der Waals surface area contributed by atoms with Gasteiger partial charge < -0.3 is 5.32 Å². The van der Waals surface area contributed by atoms with Gasteiger partial charge in [0.25, 0.3) is 10.0 Å². The molecule has 1 aliphatic rings. The molecule has 0 aliphatic carbocycles. The topological polar surface area (TPSA) is 58.5 Å². The fourth-order valence-electron chi connectivity index (χ4n) is 1.26. The van der Waals surface area contributed by atoms with Crippen LogP contribution >= 0.6 is 11.6 Å². The molecule has 1 aliphatic heterocycles.